The Hall–Kier alpha value is -4.27. The lowest BCUT2D eigenvalue weighted by Crippen LogP contribution is -2.37. The summed E-state index contributed by atoms with van der Waals surface area (Å²) in [6, 6.07) is 10.9. The molecule has 0 saturated heterocycles. The van der Waals surface area contributed by atoms with E-state index in [0.717, 1.165) is 43.4 Å². The first-order valence-electron chi connectivity index (χ1n) is 14.8. The number of ketones is 1. The van der Waals surface area contributed by atoms with E-state index in [1.165, 1.54) is 14.0 Å². The molecule has 0 amide bonds. The summed E-state index contributed by atoms with van der Waals surface area (Å²) in [6.07, 6.45) is 5.55. The zero-order chi connectivity index (χ0) is 30.7. The van der Waals surface area contributed by atoms with E-state index in [9.17, 15) is 14.4 Å². The molecule has 9 nitrogen and oxygen atoms in total. The third-order valence-corrected chi connectivity index (χ3v) is 8.53. The number of carbonyl (C=O) groups excluding carboxylic acids is 3. The van der Waals surface area contributed by atoms with Gasteiger partial charge < -0.3 is 29.0 Å². The van der Waals surface area contributed by atoms with Crippen LogP contribution in [0.4, 0.5) is 0 Å². The van der Waals surface area contributed by atoms with Crippen LogP contribution in [0.5, 0.6) is 23.0 Å². The molecule has 0 bridgehead atoms. The molecule has 5 rings (SSSR count). The number of hydrogen-bond donors (Lipinski definition) is 1. The first-order chi connectivity index (χ1) is 20.7. The summed E-state index contributed by atoms with van der Waals surface area (Å²) in [4.78, 5) is 39.6. The van der Waals surface area contributed by atoms with E-state index >= 15 is 0 Å². The van der Waals surface area contributed by atoms with E-state index in [4.69, 9.17) is 23.7 Å². The third-order valence-electron chi connectivity index (χ3n) is 8.53. The van der Waals surface area contributed by atoms with E-state index < -0.39 is 17.9 Å². The molecule has 1 saturated carbocycles. The maximum atomic E-state index is 14.1. The number of allylic oxidation sites excluding steroid dienone is 3. The van der Waals surface area contributed by atoms with Gasteiger partial charge in [0.2, 0.25) is 0 Å². The van der Waals surface area contributed by atoms with Gasteiger partial charge in [-0.15, -0.1) is 0 Å². The quantitative estimate of drug-likeness (QED) is 0.298. The molecule has 1 fully saturated rings. The molecule has 2 atom stereocenters. The zero-order valence-electron chi connectivity index (χ0n) is 25.4. The maximum Gasteiger partial charge on any atom is 0.337 e. The Morgan fingerprint density at radius 1 is 0.814 bits per heavy atom. The largest absolute Gasteiger partial charge is 0.493 e. The molecule has 228 valence electrons. The van der Waals surface area contributed by atoms with Crippen molar-refractivity contribution in [1.82, 2.24) is 5.32 Å². The van der Waals surface area contributed by atoms with E-state index in [1.807, 2.05) is 25.1 Å². The second kappa shape index (κ2) is 12.9. The minimum Gasteiger partial charge on any atom is -0.493 e. The smallest absolute Gasteiger partial charge is 0.337 e. The van der Waals surface area contributed by atoms with Crippen LogP contribution in [-0.2, 0) is 19.1 Å². The van der Waals surface area contributed by atoms with E-state index in [1.54, 1.807) is 32.4 Å². The molecule has 0 radical (unpaired) electrons. The van der Waals surface area contributed by atoms with Gasteiger partial charge in [0, 0.05) is 36.2 Å². The Labute approximate surface area is 252 Å². The van der Waals surface area contributed by atoms with Gasteiger partial charge in [-0.3, -0.25) is 9.59 Å². The molecule has 1 N–H and O–H groups in total. The van der Waals surface area contributed by atoms with E-state index in [2.05, 4.69) is 5.32 Å². The van der Waals surface area contributed by atoms with Gasteiger partial charge in [0.25, 0.3) is 0 Å². The number of ether oxygens (including phenoxy) is 5. The SMILES string of the molecule is COc1ccc([C@@H]2CC(=O)C3=C(C2)NC(C)=C(C(=O)OC2CCCCC2)[C@@H]3c2ccc(OC(C)=O)c(OC)c2)cc1OC. The van der Waals surface area contributed by atoms with Crippen LogP contribution in [0.1, 0.15) is 81.8 Å². The van der Waals surface area contributed by atoms with Crippen LogP contribution < -0.4 is 24.3 Å². The number of benzene rings is 2. The molecule has 43 heavy (non-hydrogen) atoms. The molecule has 2 aromatic carbocycles. The number of carbonyl (C=O) groups is 3. The van der Waals surface area contributed by atoms with Crippen molar-refractivity contribution in [2.24, 2.45) is 0 Å². The van der Waals surface area contributed by atoms with Crippen LogP contribution in [-0.4, -0.2) is 45.2 Å². The van der Waals surface area contributed by atoms with Crippen molar-refractivity contribution >= 4 is 17.7 Å². The fourth-order valence-corrected chi connectivity index (χ4v) is 6.49. The standard InChI is InChI=1S/C34H39NO8/c1-19-31(34(38)43-24-9-7-6-8-10-24)32(22-12-14-28(42-20(2)36)30(18-22)41-5)33-25(35-19)15-23(16-26(33)37)21-11-13-27(39-3)29(17-21)40-4/h11-14,17-18,23-24,32,35H,6-10,15-16H2,1-5H3/t23-,32-/m0/s1. The van der Waals surface area contributed by atoms with Gasteiger partial charge in [-0.1, -0.05) is 18.6 Å². The van der Waals surface area contributed by atoms with Gasteiger partial charge in [-0.05, 0) is 80.3 Å². The molecule has 3 aliphatic rings. The Bertz CT molecular complexity index is 1480. The molecule has 2 aliphatic carbocycles. The summed E-state index contributed by atoms with van der Waals surface area (Å²) in [7, 11) is 4.66. The fourth-order valence-electron chi connectivity index (χ4n) is 6.49. The Morgan fingerprint density at radius 2 is 1.44 bits per heavy atom. The minimum absolute atomic E-state index is 0.0583. The van der Waals surface area contributed by atoms with Crippen LogP contribution in [0.15, 0.2) is 58.9 Å². The molecule has 0 aromatic heterocycles. The predicted molar refractivity (Wildman–Crippen MR) is 159 cm³/mol. The predicted octanol–water partition coefficient (Wildman–Crippen LogP) is 5.88. The minimum atomic E-state index is -0.675. The lowest BCUT2D eigenvalue weighted by atomic mass is 9.71. The lowest BCUT2D eigenvalue weighted by molar-refractivity contribution is -0.146. The number of dihydropyridines is 1. The number of Topliss-reactive ketones (excluding diaryl/α,β-unsaturated/α-hetero) is 1. The first kappa shape index (κ1) is 30.2. The summed E-state index contributed by atoms with van der Waals surface area (Å²) < 4.78 is 27.8. The monoisotopic (exact) mass is 589 g/mol. The topological polar surface area (TPSA) is 109 Å². The molecule has 0 unspecified atom stereocenters. The van der Waals surface area contributed by atoms with Crippen LogP contribution in [0.2, 0.25) is 0 Å². The van der Waals surface area contributed by atoms with Gasteiger partial charge in [0.1, 0.15) is 6.10 Å². The fraction of sp³-hybridized carbons (Fsp3) is 0.441. The molecular formula is C34H39NO8. The Balaban J connectivity index is 1.56. The maximum absolute atomic E-state index is 14.1. The van der Waals surface area contributed by atoms with Crippen molar-refractivity contribution in [2.45, 2.75) is 76.7 Å². The molecule has 1 heterocycles. The highest BCUT2D eigenvalue weighted by atomic mass is 16.6. The van der Waals surface area contributed by atoms with Crippen LogP contribution in [0.25, 0.3) is 0 Å². The summed E-state index contributed by atoms with van der Waals surface area (Å²) in [5.74, 6) is 0.0862. The summed E-state index contributed by atoms with van der Waals surface area (Å²) in [5, 5.41) is 3.41. The number of rotatable bonds is 8. The van der Waals surface area contributed by atoms with Crippen LogP contribution >= 0.6 is 0 Å². The number of nitrogens with one attached hydrogen (secondary N) is 1. The molecule has 2 aromatic rings. The Morgan fingerprint density at radius 3 is 2.12 bits per heavy atom. The summed E-state index contributed by atoms with van der Waals surface area (Å²) >= 11 is 0. The second-order valence-corrected chi connectivity index (χ2v) is 11.3. The average molecular weight is 590 g/mol. The molecular weight excluding hydrogens is 550 g/mol. The Kier molecular flexibility index (Phi) is 9.08. The second-order valence-electron chi connectivity index (χ2n) is 11.3. The van der Waals surface area contributed by atoms with Gasteiger partial charge in [0.15, 0.2) is 28.8 Å². The molecule has 1 aliphatic heterocycles. The summed E-state index contributed by atoms with van der Waals surface area (Å²) in [5.41, 5.74) is 4.01. The van der Waals surface area contributed by atoms with Gasteiger partial charge in [0.05, 0.1) is 26.9 Å². The average Bonchev–Trinajstić information content (AvgIpc) is 3.00. The van der Waals surface area contributed by atoms with Crippen LogP contribution in [0.3, 0.4) is 0 Å². The van der Waals surface area contributed by atoms with E-state index in [0.29, 0.717) is 46.1 Å². The third kappa shape index (κ3) is 6.26. The normalized spacial score (nSPS) is 20.6. The van der Waals surface area contributed by atoms with E-state index in [-0.39, 0.29) is 30.0 Å². The lowest BCUT2D eigenvalue weighted by Gasteiger charge is -2.37. The number of methoxy groups -OCH3 is 3. The van der Waals surface area contributed by atoms with Gasteiger partial charge in [-0.2, -0.15) is 0 Å². The number of hydrogen-bond acceptors (Lipinski definition) is 9. The zero-order valence-corrected chi connectivity index (χ0v) is 25.4. The first-order valence-corrected chi connectivity index (χ1v) is 14.8. The van der Waals surface area contributed by atoms with Gasteiger partial charge >= 0.3 is 11.9 Å². The van der Waals surface area contributed by atoms with Crippen LogP contribution in [0, 0.1) is 0 Å². The molecule has 0 spiro atoms. The summed E-state index contributed by atoms with van der Waals surface area (Å²) in [6.45, 7) is 3.17. The highest BCUT2D eigenvalue weighted by Gasteiger charge is 2.42. The van der Waals surface area contributed by atoms with Crippen molar-refractivity contribution < 1.29 is 38.1 Å². The molecule has 9 heteroatoms. The van der Waals surface area contributed by atoms with Crippen molar-refractivity contribution in [1.29, 1.82) is 0 Å². The van der Waals surface area contributed by atoms with Crippen molar-refractivity contribution in [2.75, 3.05) is 21.3 Å². The van der Waals surface area contributed by atoms with Crippen molar-refractivity contribution in [3.63, 3.8) is 0 Å². The van der Waals surface area contributed by atoms with Crippen molar-refractivity contribution in [3.05, 3.63) is 70.1 Å². The van der Waals surface area contributed by atoms with Gasteiger partial charge in [-0.25, -0.2) is 4.79 Å². The highest BCUT2D eigenvalue weighted by Crippen LogP contribution is 2.48. The van der Waals surface area contributed by atoms with Crippen molar-refractivity contribution in [3.8, 4) is 23.0 Å². The highest BCUT2D eigenvalue weighted by molar-refractivity contribution is 6.04. The number of esters is 2.